The molecule has 3 rings (SSSR count). The molecule has 3 aromatic rings. The fourth-order valence-corrected chi connectivity index (χ4v) is 2.40. The van der Waals surface area contributed by atoms with E-state index in [1.807, 2.05) is 51.1 Å². The van der Waals surface area contributed by atoms with Gasteiger partial charge >= 0.3 is 0 Å². The first-order valence-electron chi connectivity index (χ1n) is 7.71. The van der Waals surface area contributed by atoms with E-state index >= 15 is 0 Å². The van der Waals surface area contributed by atoms with Gasteiger partial charge in [0.25, 0.3) is 5.91 Å². The maximum Gasteiger partial charge on any atom is 0.274 e. The molecule has 0 atom stereocenters. The summed E-state index contributed by atoms with van der Waals surface area (Å²) in [6.45, 7) is 5.88. The van der Waals surface area contributed by atoms with Gasteiger partial charge in [0, 0.05) is 23.7 Å². The van der Waals surface area contributed by atoms with E-state index < -0.39 is 5.54 Å². The van der Waals surface area contributed by atoms with Crippen LogP contribution in [0.5, 0.6) is 0 Å². The molecule has 24 heavy (non-hydrogen) atoms. The van der Waals surface area contributed by atoms with Crippen molar-refractivity contribution >= 4 is 16.8 Å². The third-order valence-corrected chi connectivity index (χ3v) is 3.90. The van der Waals surface area contributed by atoms with Crippen LogP contribution in [0.25, 0.3) is 16.6 Å². The van der Waals surface area contributed by atoms with Crippen molar-refractivity contribution in [2.75, 3.05) is 6.54 Å². The molecule has 0 fully saturated rings. The molecule has 0 aliphatic rings. The van der Waals surface area contributed by atoms with Crippen LogP contribution < -0.4 is 11.1 Å². The number of rotatable bonds is 4. The minimum absolute atomic E-state index is 0.281. The summed E-state index contributed by atoms with van der Waals surface area (Å²) in [5.41, 5.74) is 7.86. The maximum atomic E-state index is 12.4. The molecule has 0 aliphatic carbocycles. The van der Waals surface area contributed by atoms with Gasteiger partial charge in [0.05, 0.1) is 16.9 Å². The van der Waals surface area contributed by atoms with Crippen LogP contribution in [0.15, 0.2) is 36.5 Å². The van der Waals surface area contributed by atoms with E-state index in [1.54, 1.807) is 10.9 Å². The molecule has 7 heteroatoms. The van der Waals surface area contributed by atoms with Gasteiger partial charge in [-0.1, -0.05) is 11.3 Å². The minimum Gasteiger partial charge on any atom is -0.344 e. The number of carbonyl (C=O) groups excluding carboxylic acids is 1. The number of hydrogen-bond donors (Lipinski definition) is 2. The van der Waals surface area contributed by atoms with E-state index in [0.29, 0.717) is 17.9 Å². The fourth-order valence-electron chi connectivity index (χ4n) is 2.40. The van der Waals surface area contributed by atoms with Crippen molar-refractivity contribution in [2.45, 2.75) is 26.3 Å². The van der Waals surface area contributed by atoms with Crippen molar-refractivity contribution in [3.8, 4) is 5.69 Å². The molecule has 7 nitrogen and oxygen atoms in total. The number of carbonyl (C=O) groups is 1. The third-order valence-electron chi connectivity index (χ3n) is 3.90. The molecular formula is C17H20N6O. The Kier molecular flexibility index (Phi) is 4.02. The van der Waals surface area contributed by atoms with E-state index in [-0.39, 0.29) is 5.91 Å². The molecular weight excluding hydrogens is 304 g/mol. The summed E-state index contributed by atoms with van der Waals surface area (Å²) >= 11 is 0. The average molecular weight is 324 g/mol. The van der Waals surface area contributed by atoms with Gasteiger partial charge < -0.3 is 11.1 Å². The van der Waals surface area contributed by atoms with Gasteiger partial charge in [-0.15, -0.1) is 5.10 Å². The van der Waals surface area contributed by atoms with Gasteiger partial charge in [0.15, 0.2) is 5.69 Å². The highest BCUT2D eigenvalue weighted by molar-refractivity contribution is 5.93. The molecule has 1 aromatic carbocycles. The fraction of sp³-hybridized carbons (Fsp3) is 0.294. The van der Waals surface area contributed by atoms with Crippen LogP contribution in [-0.4, -0.2) is 38.0 Å². The quantitative estimate of drug-likeness (QED) is 0.759. The van der Waals surface area contributed by atoms with Crippen molar-refractivity contribution in [1.29, 1.82) is 0 Å². The van der Waals surface area contributed by atoms with E-state index in [4.69, 9.17) is 5.73 Å². The third kappa shape index (κ3) is 2.98. The summed E-state index contributed by atoms with van der Waals surface area (Å²) in [5, 5.41) is 12.0. The minimum atomic E-state index is -0.498. The zero-order chi connectivity index (χ0) is 17.3. The standard InChI is InChI=1S/C17H20N6O/c1-11-15(16(24)20-17(2,3)10-18)21-22-23(11)13-6-7-14-12(9-13)5-4-8-19-14/h4-9H,10,18H2,1-3H3,(H,20,24). The Morgan fingerprint density at radius 3 is 2.88 bits per heavy atom. The summed E-state index contributed by atoms with van der Waals surface area (Å²) in [7, 11) is 0. The topological polar surface area (TPSA) is 98.7 Å². The predicted molar refractivity (Wildman–Crippen MR) is 92.0 cm³/mol. The Balaban J connectivity index is 1.95. The predicted octanol–water partition coefficient (Wildman–Crippen LogP) is 1.59. The first-order valence-corrected chi connectivity index (χ1v) is 7.71. The van der Waals surface area contributed by atoms with Crippen LogP contribution in [0.1, 0.15) is 30.0 Å². The van der Waals surface area contributed by atoms with Crippen LogP contribution in [0.2, 0.25) is 0 Å². The Bertz CT molecular complexity index is 899. The molecule has 2 aromatic heterocycles. The number of pyridine rings is 1. The lowest BCUT2D eigenvalue weighted by Crippen LogP contribution is -2.49. The number of amides is 1. The monoisotopic (exact) mass is 324 g/mol. The first kappa shape index (κ1) is 16.1. The van der Waals surface area contributed by atoms with E-state index in [9.17, 15) is 4.79 Å². The summed E-state index contributed by atoms with van der Waals surface area (Å²) in [6, 6.07) is 9.66. The zero-order valence-electron chi connectivity index (χ0n) is 13.9. The molecule has 0 aliphatic heterocycles. The van der Waals surface area contributed by atoms with Gasteiger partial charge in [-0.25, -0.2) is 4.68 Å². The van der Waals surface area contributed by atoms with Crippen LogP contribution in [-0.2, 0) is 0 Å². The summed E-state index contributed by atoms with van der Waals surface area (Å²) < 4.78 is 1.65. The second kappa shape index (κ2) is 6.01. The molecule has 0 spiro atoms. The maximum absolute atomic E-state index is 12.4. The number of hydrogen-bond acceptors (Lipinski definition) is 5. The number of benzene rings is 1. The lowest BCUT2D eigenvalue weighted by molar-refractivity contribution is 0.0910. The zero-order valence-corrected chi connectivity index (χ0v) is 13.9. The summed E-state index contributed by atoms with van der Waals surface area (Å²) in [6.07, 6.45) is 1.75. The molecule has 0 saturated heterocycles. The smallest absolute Gasteiger partial charge is 0.274 e. The second-order valence-electron chi connectivity index (χ2n) is 6.36. The molecule has 124 valence electrons. The lowest BCUT2D eigenvalue weighted by atomic mass is 10.1. The lowest BCUT2D eigenvalue weighted by Gasteiger charge is -2.23. The van der Waals surface area contributed by atoms with E-state index in [2.05, 4.69) is 20.6 Å². The highest BCUT2D eigenvalue weighted by atomic mass is 16.2. The van der Waals surface area contributed by atoms with Crippen molar-refractivity contribution in [2.24, 2.45) is 5.73 Å². The summed E-state index contributed by atoms with van der Waals surface area (Å²) in [4.78, 5) is 16.7. The first-order chi connectivity index (χ1) is 11.4. The second-order valence-corrected chi connectivity index (χ2v) is 6.36. The van der Waals surface area contributed by atoms with Crippen molar-refractivity contribution in [3.63, 3.8) is 0 Å². The van der Waals surface area contributed by atoms with Crippen LogP contribution >= 0.6 is 0 Å². The van der Waals surface area contributed by atoms with E-state index in [0.717, 1.165) is 16.6 Å². The molecule has 0 bridgehead atoms. The Hall–Kier alpha value is -2.80. The summed E-state index contributed by atoms with van der Waals surface area (Å²) in [5.74, 6) is -0.281. The van der Waals surface area contributed by atoms with Gasteiger partial charge in [0.2, 0.25) is 0 Å². The number of aromatic nitrogens is 4. The SMILES string of the molecule is Cc1c(C(=O)NC(C)(C)CN)nnn1-c1ccc2ncccc2c1. The number of fused-ring (bicyclic) bond motifs is 1. The van der Waals surface area contributed by atoms with Gasteiger partial charge in [0.1, 0.15) is 0 Å². The Labute approximate surface area is 139 Å². The molecule has 1 amide bonds. The van der Waals surface area contributed by atoms with E-state index in [1.165, 1.54) is 0 Å². The van der Waals surface area contributed by atoms with Crippen LogP contribution in [0.4, 0.5) is 0 Å². The molecule has 3 N–H and O–H groups in total. The number of nitrogens with one attached hydrogen (secondary N) is 1. The van der Waals surface area contributed by atoms with Gasteiger partial charge in [-0.05, 0) is 45.0 Å². The highest BCUT2D eigenvalue weighted by Crippen LogP contribution is 2.18. The van der Waals surface area contributed by atoms with Crippen molar-refractivity contribution in [3.05, 3.63) is 47.9 Å². The van der Waals surface area contributed by atoms with Crippen LogP contribution in [0, 0.1) is 6.92 Å². The van der Waals surface area contributed by atoms with Gasteiger partial charge in [-0.3, -0.25) is 9.78 Å². The number of nitrogens with zero attached hydrogens (tertiary/aromatic N) is 4. The normalized spacial score (nSPS) is 11.7. The molecule has 2 heterocycles. The van der Waals surface area contributed by atoms with Crippen molar-refractivity contribution < 1.29 is 4.79 Å². The Morgan fingerprint density at radius 1 is 1.33 bits per heavy atom. The average Bonchev–Trinajstić information content (AvgIpc) is 2.95. The molecule has 0 saturated carbocycles. The van der Waals surface area contributed by atoms with Crippen molar-refractivity contribution in [1.82, 2.24) is 25.3 Å². The Morgan fingerprint density at radius 2 is 2.12 bits per heavy atom. The largest absolute Gasteiger partial charge is 0.344 e. The number of nitrogens with two attached hydrogens (primary N) is 1. The highest BCUT2D eigenvalue weighted by Gasteiger charge is 2.23. The molecule has 0 unspecified atom stereocenters. The molecule has 0 radical (unpaired) electrons. The van der Waals surface area contributed by atoms with Gasteiger partial charge in [-0.2, -0.15) is 0 Å². The van der Waals surface area contributed by atoms with Crippen LogP contribution in [0.3, 0.4) is 0 Å².